The van der Waals surface area contributed by atoms with E-state index in [2.05, 4.69) is 39.2 Å². The van der Waals surface area contributed by atoms with Crippen molar-refractivity contribution in [3.63, 3.8) is 0 Å². The van der Waals surface area contributed by atoms with Crippen LogP contribution in [-0.2, 0) is 0 Å². The highest BCUT2D eigenvalue weighted by Crippen LogP contribution is 2.44. The van der Waals surface area contributed by atoms with Crippen LogP contribution in [0.1, 0.15) is 26.2 Å². The van der Waals surface area contributed by atoms with Crippen LogP contribution in [0.2, 0.25) is 25.7 Å². The number of aliphatic hydroxyl groups is 1. The third kappa shape index (κ3) is 3.46. The Bertz CT molecular complexity index is 231. The lowest BCUT2D eigenvalue weighted by molar-refractivity contribution is 0.0824. The second kappa shape index (κ2) is 5.50. The Morgan fingerprint density at radius 1 is 1.38 bits per heavy atom. The summed E-state index contributed by atoms with van der Waals surface area (Å²) in [5.41, 5.74) is 0. The molecular formula is C14H28OSi. The molecule has 1 rings (SSSR count). The maximum Gasteiger partial charge on any atom is 0.0568 e. The lowest BCUT2D eigenvalue weighted by atomic mass is 9.86. The summed E-state index contributed by atoms with van der Waals surface area (Å²) in [7, 11) is -1.04. The molecule has 0 aromatic carbocycles. The van der Waals surface area contributed by atoms with E-state index in [0.717, 1.165) is 6.42 Å². The van der Waals surface area contributed by atoms with Crippen LogP contribution in [-0.4, -0.2) is 19.3 Å². The third-order valence-corrected chi connectivity index (χ3v) is 5.69. The first-order chi connectivity index (χ1) is 7.39. The Kier molecular flexibility index (Phi) is 4.81. The van der Waals surface area contributed by atoms with Crippen molar-refractivity contribution in [3.8, 4) is 0 Å². The summed E-state index contributed by atoms with van der Waals surface area (Å²) in [5, 5.41) is 10.1. The summed E-state index contributed by atoms with van der Waals surface area (Å²) in [6.45, 7) is 13.4. The van der Waals surface area contributed by atoms with E-state index in [-0.39, 0.29) is 6.10 Å². The Balaban J connectivity index is 2.74. The van der Waals surface area contributed by atoms with Gasteiger partial charge in [0.05, 0.1) is 6.10 Å². The predicted octanol–water partition coefficient (Wildman–Crippen LogP) is 3.92. The molecule has 0 saturated heterocycles. The number of allylic oxidation sites excluding steroid dienone is 1. The zero-order valence-electron chi connectivity index (χ0n) is 11.4. The summed E-state index contributed by atoms with van der Waals surface area (Å²) in [5.74, 6) is 1.87. The molecule has 1 nitrogen and oxygen atoms in total. The Morgan fingerprint density at radius 2 is 2.00 bits per heavy atom. The van der Waals surface area contributed by atoms with E-state index in [1.165, 1.54) is 18.9 Å². The number of rotatable bonds is 5. The normalized spacial score (nSPS) is 32.7. The molecule has 0 aromatic rings. The average molecular weight is 240 g/mol. The molecule has 16 heavy (non-hydrogen) atoms. The van der Waals surface area contributed by atoms with Crippen molar-refractivity contribution in [2.75, 3.05) is 0 Å². The zero-order valence-corrected chi connectivity index (χ0v) is 12.4. The van der Waals surface area contributed by atoms with Crippen LogP contribution in [0.15, 0.2) is 12.7 Å². The number of hydrogen-bond donors (Lipinski definition) is 1. The van der Waals surface area contributed by atoms with Crippen LogP contribution in [0, 0.1) is 17.8 Å². The number of hydrogen-bond acceptors (Lipinski definition) is 1. The molecule has 0 aromatic heterocycles. The summed E-state index contributed by atoms with van der Waals surface area (Å²) >= 11 is 0. The van der Waals surface area contributed by atoms with E-state index in [4.69, 9.17) is 0 Å². The van der Waals surface area contributed by atoms with E-state index in [9.17, 15) is 5.11 Å². The molecule has 4 atom stereocenters. The third-order valence-electron chi connectivity index (χ3n) is 4.00. The van der Waals surface area contributed by atoms with Gasteiger partial charge in [-0.3, -0.25) is 0 Å². The zero-order chi connectivity index (χ0) is 12.3. The lowest BCUT2D eigenvalue weighted by Crippen LogP contribution is -2.32. The highest BCUT2D eigenvalue weighted by Gasteiger charge is 2.39. The topological polar surface area (TPSA) is 20.2 Å². The van der Waals surface area contributed by atoms with Crippen molar-refractivity contribution in [1.29, 1.82) is 0 Å². The Hall–Kier alpha value is -0.0831. The smallest absolute Gasteiger partial charge is 0.0568 e. The van der Waals surface area contributed by atoms with Gasteiger partial charge in [-0.15, -0.1) is 6.58 Å². The van der Waals surface area contributed by atoms with Crippen molar-refractivity contribution < 1.29 is 5.11 Å². The second-order valence-electron chi connectivity index (χ2n) is 6.54. The van der Waals surface area contributed by atoms with Crippen molar-refractivity contribution in [3.05, 3.63) is 12.7 Å². The molecule has 0 bridgehead atoms. The molecule has 1 aliphatic carbocycles. The van der Waals surface area contributed by atoms with Gasteiger partial charge in [-0.1, -0.05) is 38.7 Å². The van der Waals surface area contributed by atoms with E-state index in [1.54, 1.807) is 0 Å². The summed E-state index contributed by atoms with van der Waals surface area (Å²) in [6, 6.07) is 1.34. The van der Waals surface area contributed by atoms with Crippen LogP contribution >= 0.6 is 0 Å². The second-order valence-corrected chi connectivity index (χ2v) is 12.1. The van der Waals surface area contributed by atoms with Crippen LogP contribution in [0.25, 0.3) is 0 Å². The average Bonchev–Trinajstić information content (AvgIpc) is 2.57. The van der Waals surface area contributed by atoms with Gasteiger partial charge in [0, 0.05) is 8.07 Å². The minimum Gasteiger partial charge on any atom is -0.393 e. The van der Waals surface area contributed by atoms with Gasteiger partial charge in [0.1, 0.15) is 0 Å². The highest BCUT2D eigenvalue weighted by atomic mass is 28.3. The van der Waals surface area contributed by atoms with Gasteiger partial charge in [0.2, 0.25) is 0 Å². The van der Waals surface area contributed by atoms with Gasteiger partial charge in [-0.05, 0) is 37.0 Å². The van der Waals surface area contributed by atoms with E-state index in [0.29, 0.717) is 17.8 Å². The van der Waals surface area contributed by atoms with Gasteiger partial charge in [0.15, 0.2) is 0 Å². The predicted molar refractivity (Wildman–Crippen MR) is 74.4 cm³/mol. The quantitative estimate of drug-likeness (QED) is 0.570. The summed E-state index contributed by atoms with van der Waals surface area (Å²) in [6.07, 6.45) is 5.37. The van der Waals surface area contributed by atoms with Gasteiger partial charge in [-0.2, -0.15) is 0 Å². The molecule has 2 heteroatoms. The Labute approximate surface area is 102 Å². The van der Waals surface area contributed by atoms with Gasteiger partial charge in [0.25, 0.3) is 0 Å². The first kappa shape index (κ1) is 14.0. The molecule has 1 saturated carbocycles. The van der Waals surface area contributed by atoms with E-state index in [1.807, 2.05) is 0 Å². The molecular weight excluding hydrogens is 212 g/mol. The minimum absolute atomic E-state index is 0.0914. The molecule has 0 amide bonds. The minimum atomic E-state index is -1.04. The molecule has 0 spiro atoms. The van der Waals surface area contributed by atoms with Crippen molar-refractivity contribution >= 4 is 8.07 Å². The molecule has 4 unspecified atom stereocenters. The molecule has 1 aliphatic rings. The fourth-order valence-corrected chi connectivity index (χ4v) is 5.23. The molecule has 0 radical (unpaired) electrons. The first-order valence-corrected chi connectivity index (χ1v) is 10.4. The largest absolute Gasteiger partial charge is 0.393 e. The van der Waals surface area contributed by atoms with Crippen LogP contribution < -0.4 is 0 Å². The SMILES string of the molecule is C=CC1CCC(C(O)CC)C1C[Si](C)(C)C. The van der Waals surface area contributed by atoms with Gasteiger partial charge >= 0.3 is 0 Å². The van der Waals surface area contributed by atoms with Crippen molar-refractivity contribution in [2.45, 2.75) is 58.0 Å². The molecule has 94 valence electrons. The first-order valence-electron chi connectivity index (χ1n) is 6.69. The van der Waals surface area contributed by atoms with E-state index < -0.39 is 8.07 Å². The van der Waals surface area contributed by atoms with Crippen LogP contribution in [0.3, 0.4) is 0 Å². The van der Waals surface area contributed by atoms with Gasteiger partial charge in [-0.25, -0.2) is 0 Å². The maximum atomic E-state index is 10.1. The summed E-state index contributed by atoms with van der Waals surface area (Å²) in [4.78, 5) is 0. The Morgan fingerprint density at radius 3 is 2.44 bits per heavy atom. The van der Waals surface area contributed by atoms with Crippen molar-refractivity contribution in [1.82, 2.24) is 0 Å². The fourth-order valence-electron chi connectivity index (χ4n) is 3.21. The van der Waals surface area contributed by atoms with Crippen LogP contribution in [0.4, 0.5) is 0 Å². The maximum absolute atomic E-state index is 10.1. The standard InChI is InChI=1S/C14H28OSi/c1-6-11-8-9-12(14(15)7-2)13(11)10-16(3,4)5/h6,11-15H,1,7-10H2,2-5H3. The van der Waals surface area contributed by atoms with Gasteiger partial charge < -0.3 is 5.11 Å². The monoisotopic (exact) mass is 240 g/mol. The van der Waals surface area contributed by atoms with Crippen molar-refractivity contribution in [2.24, 2.45) is 17.8 Å². The number of aliphatic hydroxyl groups excluding tert-OH is 1. The molecule has 0 heterocycles. The molecule has 1 N–H and O–H groups in total. The highest BCUT2D eigenvalue weighted by molar-refractivity contribution is 6.76. The molecule has 0 aliphatic heterocycles. The fraction of sp³-hybridized carbons (Fsp3) is 0.857. The summed E-state index contributed by atoms with van der Waals surface area (Å²) < 4.78 is 0. The molecule has 1 fully saturated rings. The van der Waals surface area contributed by atoms with E-state index >= 15 is 0 Å². The lowest BCUT2D eigenvalue weighted by Gasteiger charge is -2.31. The van der Waals surface area contributed by atoms with Crippen LogP contribution in [0.5, 0.6) is 0 Å².